The molecule has 2 aromatic carbocycles. The summed E-state index contributed by atoms with van der Waals surface area (Å²) in [6.07, 6.45) is 0.833. The van der Waals surface area contributed by atoms with Gasteiger partial charge in [0.05, 0.1) is 0 Å². The molecule has 5 nitrogen and oxygen atoms in total. The predicted octanol–water partition coefficient (Wildman–Crippen LogP) is 4.32. The minimum Gasteiger partial charge on any atom is -0.483 e. The van der Waals surface area contributed by atoms with Crippen LogP contribution in [0.1, 0.15) is 49.4 Å². The third kappa shape index (κ3) is 6.34. The quantitative estimate of drug-likeness (QED) is 0.670. The van der Waals surface area contributed by atoms with E-state index >= 15 is 0 Å². The third-order valence-corrected chi connectivity index (χ3v) is 5.47. The second-order valence-corrected chi connectivity index (χ2v) is 8.00. The minimum absolute atomic E-state index is 0.0570. The number of nitrogens with zero attached hydrogens (tertiary/aromatic N) is 1. The van der Waals surface area contributed by atoms with Crippen LogP contribution in [0, 0.1) is 20.8 Å². The summed E-state index contributed by atoms with van der Waals surface area (Å²) in [7, 11) is 0. The summed E-state index contributed by atoms with van der Waals surface area (Å²) in [4.78, 5) is 27.5. The molecule has 0 aliphatic carbocycles. The van der Waals surface area contributed by atoms with Gasteiger partial charge in [-0.2, -0.15) is 0 Å². The molecule has 0 aliphatic heterocycles. The lowest BCUT2D eigenvalue weighted by molar-refractivity contribution is -0.142. The smallest absolute Gasteiger partial charge is 0.261 e. The fourth-order valence-electron chi connectivity index (χ4n) is 3.10. The van der Waals surface area contributed by atoms with Gasteiger partial charge in [-0.05, 0) is 69.4 Å². The Morgan fingerprint density at radius 3 is 2.40 bits per heavy atom. The van der Waals surface area contributed by atoms with Crippen molar-refractivity contribution in [3.05, 3.63) is 64.7 Å². The Kier molecular flexibility index (Phi) is 8.46. The van der Waals surface area contributed by atoms with Crippen LogP contribution in [-0.4, -0.2) is 35.4 Å². The molecule has 2 atom stereocenters. The maximum atomic E-state index is 13.2. The summed E-state index contributed by atoms with van der Waals surface area (Å²) in [6, 6.07) is 13.3. The lowest BCUT2D eigenvalue weighted by Crippen LogP contribution is -2.50. The van der Waals surface area contributed by atoms with Gasteiger partial charge < -0.3 is 15.0 Å². The standard InChI is InChI=1S/C25H34N2O3/c1-7-20(5)26-25(29)21(6)27(15-22-11-9-8-10-18(22)3)24(28)16-30-23-14-17(2)12-13-19(23)4/h8-14,20-21H,7,15-16H2,1-6H3,(H,26,29). The highest BCUT2D eigenvalue weighted by Gasteiger charge is 2.27. The molecule has 0 bridgehead atoms. The van der Waals surface area contributed by atoms with Crippen LogP contribution < -0.4 is 10.1 Å². The highest BCUT2D eigenvalue weighted by atomic mass is 16.5. The Morgan fingerprint density at radius 1 is 1.03 bits per heavy atom. The topological polar surface area (TPSA) is 58.6 Å². The highest BCUT2D eigenvalue weighted by molar-refractivity contribution is 5.88. The molecule has 0 saturated heterocycles. The van der Waals surface area contributed by atoms with Crippen LogP contribution in [-0.2, 0) is 16.1 Å². The first kappa shape index (κ1) is 23.5. The summed E-state index contributed by atoms with van der Waals surface area (Å²) in [5.74, 6) is 0.319. The molecule has 2 rings (SSSR count). The van der Waals surface area contributed by atoms with E-state index in [1.807, 2.05) is 77.1 Å². The van der Waals surface area contributed by atoms with Crippen LogP contribution in [0.2, 0.25) is 0 Å². The summed E-state index contributed by atoms with van der Waals surface area (Å²) < 4.78 is 5.84. The van der Waals surface area contributed by atoms with Gasteiger partial charge in [0, 0.05) is 12.6 Å². The van der Waals surface area contributed by atoms with Gasteiger partial charge in [0.2, 0.25) is 5.91 Å². The number of nitrogens with one attached hydrogen (secondary N) is 1. The number of ether oxygens (including phenoxy) is 1. The molecule has 0 aromatic heterocycles. The fraction of sp³-hybridized carbons (Fsp3) is 0.440. The Morgan fingerprint density at radius 2 is 1.73 bits per heavy atom. The zero-order chi connectivity index (χ0) is 22.3. The summed E-state index contributed by atoms with van der Waals surface area (Å²) in [6.45, 7) is 11.9. The Balaban J connectivity index is 2.20. The first-order chi connectivity index (χ1) is 14.2. The molecule has 2 amide bonds. The van der Waals surface area contributed by atoms with E-state index in [1.165, 1.54) is 0 Å². The van der Waals surface area contributed by atoms with Crippen molar-refractivity contribution in [1.82, 2.24) is 10.2 Å². The van der Waals surface area contributed by atoms with E-state index in [4.69, 9.17) is 4.74 Å². The van der Waals surface area contributed by atoms with Crippen LogP contribution in [0.3, 0.4) is 0 Å². The third-order valence-electron chi connectivity index (χ3n) is 5.47. The van der Waals surface area contributed by atoms with E-state index < -0.39 is 6.04 Å². The number of benzene rings is 2. The first-order valence-corrected chi connectivity index (χ1v) is 10.6. The van der Waals surface area contributed by atoms with Gasteiger partial charge in [-0.25, -0.2) is 0 Å². The van der Waals surface area contributed by atoms with Crippen molar-refractivity contribution < 1.29 is 14.3 Å². The lowest BCUT2D eigenvalue weighted by atomic mass is 10.1. The van der Waals surface area contributed by atoms with Crippen LogP contribution >= 0.6 is 0 Å². The molecule has 2 aromatic rings. The molecular formula is C25H34N2O3. The van der Waals surface area contributed by atoms with Crippen molar-refractivity contribution in [2.24, 2.45) is 0 Å². The van der Waals surface area contributed by atoms with Gasteiger partial charge in [-0.3, -0.25) is 9.59 Å². The van der Waals surface area contributed by atoms with Gasteiger partial charge in [-0.1, -0.05) is 43.3 Å². The van der Waals surface area contributed by atoms with E-state index in [0.29, 0.717) is 12.3 Å². The van der Waals surface area contributed by atoms with E-state index in [2.05, 4.69) is 5.32 Å². The molecule has 0 spiro atoms. The van der Waals surface area contributed by atoms with E-state index in [0.717, 1.165) is 28.7 Å². The number of hydrogen-bond acceptors (Lipinski definition) is 3. The van der Waals surface area contributed by atoms with Crippen molar-refractivity contribution in [2.45, 2.75) is 66.6 Å². The predicted molar refractivity (Wildman–Crippen MR) is 120 cm³/mol. The maximum absolute atomic E-state index is 13.2. The van der Waals surface area contributed by atoms with Gasteiger partial charge in [0.1, 0.15) is 11.8 Å². The van der Waals surface area contributed by atoms with Gasteiger partial charge in [-0.15, -0.1) is 0 Å². The number of aryl methyl sites for hydroxylation is 3. The first-order valence-electron chi connectivity index (χ1n) is 10.6. The van der Waals surface area contributed by atoms with Gasteiger partial charge >= 0.3 is 0 Å². The second-order valence-electron chi connectivity index (χ2n) is 8.00. The van der Waals surface area contributed by atoms with Gasteiger partial charge in [0.25, 0.3) is 5.91 Å². The van der Waals surface area contributed by atoms with Crippen LogP contribution in [0.5, 0.6) is 5.75 Å². The zero-order valence-electron chi connectivity index (χ0n) is 19.0. The molecule has 0 aliphatic rings. The number of carbonyl (C=O) groups excluding carboxylic acids is 2. The number of amides is 2. The largest absolute Gasteiger partial charge is 0.483 e. The van der Waals surface area contributed by atoms with Crippen molar-refractivity contribution in [3.63, 3.8) is 0 Å². The van der Waals surface area contributed by atoms with E-state index in [-0.39, 0.29) is 24.5 Å². The molecule has 0 saturated carbocycles. The Hall–Kier alpha value is -2.82. The summed E-state index contributed by atoms with van der Waals surface area (Å²) in [5.41, 5.74) is 4.14. The highest BCUT2D eigenvalue weighted by Crippen LogP contribution is 2.20. The normalized spacial score (nSPS) is 12.7. The van der Waals surface area contributed by atoms with Crippen LogP contribution in [0.15, 0.2) is 42.5 Å². The molecule has 2 unspecified atom stereocenters. The van der Waals surface area contributed by atoms with Crippen molar-refractivity contribution in [3.8, 4) is 5.75 Å². The second kappa shape index (κ2) is 10.8. The average Bonchev–Trinajstić information content (AvgIpc) is 2.72. The molecule has 1 N–H and O–H groups in total. The van der Waals surface area contributed by atoms with Crippen molar-refractivity contribution in [1.29, 1.82) is 0 Å². The zero-order valence-corrected chi connectivity index (χ0v) is 19.0. The monoisotopic (exact) mass is 410 g/mol. The number of carbonyl (C=O) groups is 2. The maximum Gasteiger partial charge on any atom is 0.261 e. The SMILES string of the molecule is CCC(C)NC(=O)C(C)N(Cc1ccccc1C)C(=O)COc1cc(C)ccc1C. The van der Waals surface area contributed by atoms with Crippen LogP contribution in [0.4, 0.5) is 0 Å². The molecule has 0 fully saturated rings. The molecular weight excluding hydrogens is 376 g/mol. The Labute approximate surface area is 180 Å². The lowest BCUT2D eigenvalue weighted by Gasteiger charge is -2.30. The van der Waals surface area contributed by atoms with Crippen molar-refractivity contribution >= 4 is 11.8 Å². The fourth-order valence-corrected chi connectivity index (χ4v) is 3.10. The van der Waals surface area contributed by atoms with E-state index in [1.54, 1.807) is 11.8 Å². The average molecular weight is 411 g/mol. The summed E-state index contributed by atoms with van der Waals surface area (Å²) >= 11 is 0. The van der Waals surface area contributed by atoms with E-state index in [9.17, 15) is 9.59 Å². The molecule has 30 heavy (non-hydrogen) atoms. The molecule has 0 heterocycles. The Bertz CT molecular complexity index is 878. The minimum atomic E-state index is -0.603. The molecule has 162 valence electrons. The number of hydrogen-bond donors (Lipinski definition) is 1. The van der Waals surface area contributed by atoms with Crippen LogP contribution in [0.25, 0.3) is 0 Å². The van der Waals surface area contributed by atoms with Crippen molar-refractivity contribution in [2.75, 3.05) is 6.61 Å². The van der Waals surface area contributed by atoms with Gasteiger partial charge in [0.15, 0.2) is 6.61 Å². The summed E-state index contributed by atoms with van der Waals surface area (Å²) in [5, 5.41) is 2.98. The molecule has 5 heteroatoms. The molecule has 0 radical (unpaired) electrons. The number of rotatable bonds is 9.